The summed E-state index contributed by atoms with van der Waals surface area (Å²) in [6.07, 6.45) is 6.02. The summed E-state index contributed by atoms with van der Waals surface area (Å²) in [7, 11) is 0. The summed E-state index contributed by atoms with van der Waals surface area (Å²) in [6, 6.07) is 8.27. The number of nitrogens with zero attached hydrogens (tertiary/aromatic N) is 2. The number of aliphatic hydroxyl groups is 1. The van der Waals surface area contributed by atoms with Gasteiger partial charge in [0.1, 0.15) is 5.82 Å². The van der Waals surface area contributed by atoms with Crippen molar-refractivity contribution in [3.8, 4) is 5.69 Å². The minimum absolute atomic E-state index is 0.0691. The Balaban J connectivity index is 1.73. The molecule has 128 valence electrons. The molecule has 5 heteroatoms. The molecule has 0 unspecified atom stereocenters. The van der Waals surface area contributed by atoms with Gasteiger partial charge in [-0.15, -0.1) is 0 Å². The van der Waals surface area contributed by atoms with Crippen LogP contribution in [0.2, 0.25) is 0 Å². The molecule has 0 atom stereocenters. The van der Waals surface area contributed by atoms with Crippen molar-refractivity contribution in [2.75, 3.05) is 19.7 Å². The third-order valence-electron chi connectivity index (χ3n) is 5.27. The van der Waals surface area contributed by atoms with Crippen molar-refractivity contribution in [2.45, 2.75) is 26.2 Å². The second kappa shape index (κ2) is 6.77. The lowest BCUT2D eigenvalue weighted by atomic mass is 9.77. The molecule has 1 aliphatic heterocycles. The quantitative estimate of drug-likeness (QED) is 0.935. The van der Waals surface area contributed by atoms with Crippen molar-refractivity contribution in [3.05, 3.63) is 54.1 Å². The molecule has 4 nitrogen and oxygen atoms in total. The van der Waals surface area contributed by atoms with E-state index in [4.69, 9.17) is 0 Å². The van der Waals surface area contributed by atoms with Gasteiger partial charge in [0.05, 0.1) is 5.69 Å². The Bertz CT molecular complexity index is 698. The van der Waals surface area contributed by atoms with E-state index in [0.717, 1.165) is 19.3 Å². The highest BCUT2D eigenvalue weighted by Gasteiger charge is 2.34. The fourth-order valence-corrected chi connectivity index (χ4v) is 3.33. The molecule has 1 aromatic heterocycles. The van der Waals surface area contributed by atoms with Gasteiger partial charge in [0.25, 0.3) is 5.91 Å². The first-order chi connectivity index (χ1) is 11.6. The molecule has 0 saturated carbocycles. The van der Waals surface area contributed by atoms with Crippen LogP contribution in [0.5, 0.6) is 0 Å². The van der Waals surface area contributed by atoms with Crippen LogP contribution in [0.3, 0.4) is 0 Å². The number of aromatic nitrogens is 1. The van der Waals surface area contributed by atoms with E-state index in [1.807, 2.05) is 12.1 Å². The van der Waals surface area contributed by atoms with Crippen molar-refractivity contribution >= 4 is 5.91 Å². The van der Waals surface area contributed by atoms with E-state index in [2.05, 4.69) is 6.92 Å². The Morgan fingerprint density at radius 1 is 1.25 bits per heavy atom. The second-order valence-electron chi connectivity index (χ2n) is 6.56. The topological polar surface area (TPSA) is 45.5 Å². The minimum Gasteiger partial charge on any atom is -0.396 e. The Hall–Kier alpha value is -2.14. The lowest BCUT2D eigenvalue weighted by Gasteiger charge is -2.40. The molecule has 1 fully saturated rings. The number of carbonyl (C=O) groups excluding carboxylic acids is 1. The number of amides is 1. The SMILES string of the molecule is CCC1(CO)CCN(C(=O)c2ccc(-n3cccc3)c(F)c2)CC1. The van der Waals surface area contributed by atoms with Crippen molar-refractivity contribution in [3.63, 3.8) is 0 Å². The van der Waals surface area contributed by atoms with E-state index < -0.39 is 5.82 Å². The van der Waals surface area contributed by atoms with Crippen molar-refractivity contribution in [2.24, 2.45) is 5.41 Å². The monoisotopic (exact) mass is 330 g/mol. The zero-order valence-electron chi connectivity index (χ0n) is 13.9. The van der Waals surface area contributed by atoms with Gasteiger partial charge >= 0.3 is 0 Å². The number of aliphatic hydroxyl groups excluding tert-OH is 1. The molecule has 1 aliphatic rings. The number of halogens is 1. The van der Waals surface area contributed by atoms with E-state index in [1.54, 1.807) is 34.0 Å². The van der Waals surface area contributed by atoms with Crippen molar-refractivity contribution in [1.29, 1.82) is 0 Å². The second-order valence-corrected chi connectivity index (χ2v) is 6.56. The maximum absolute atomic E-state index is 14.3. The van der Waals surface area contributed by atoms with Crippen LogP contribution in [-0.4, -0.2) is 40.2 Å². The largest absolute Gasteiger partial charge is 0.396 e. The number of hydrogen-bond acceptors (Lipinski definition) is 2. The first-order valence-electron chi connectivity index (χ1n) is 8.41. The molecule has 3 rings (SSSR count). The highest BCUT2D eigenvalue weighted by molar-refractivity contribution is 5.94. The van der Waals surface area contributed by atoms with Crippen LogP contribution >= 0.6 is 0 Å². The molecule has 1 N–H and O–H groups in total. The van der Waals surface area contributed by atoms with E-state index in [1.165, 1.54) is 6.07 Å². The summed E-state index contributed by atoms with van der Waals surface area (Å²) in [5.41, 5.74) is 0.734. The van der Waals surface area contributed by atoms with Crippen LogP contribution in [-0.2, 0) is 0 Å². The molecule has 1 aromatic carbocycles. The summed E-state index contributed by atoms with van der Waals surface area (Å²) >= 11 is 0. The molecular weight excluding hydrogens is 307 g/mol. The standard InChI is InChI=1S/C19H23FN2O2/c1-2-19(14-23)7-11-22(12-8-19)18(24)15-5-6-17(16(20)13-15)21-9-3-4-10-21/h3-6,9-10,13,23H,2,7-8,11-12,14H2,1H3. The molecule has 2 aromatic rings. The Morgan fingerprint density at radius 2 is 1.92 bits per heavy atom. The van der Waals surface area contributed by atoms with Gasteiger partial charge in [-0.05, 0) is 55.0 Å². The van der Waals surface area contributed by atoms with Gasteiger partial charge < -0.3 is 14.6 Å². The van der Waals surface area contributed by atoms with Crippen LogP contribution < -0.4 is 0 Å². The van der Waals surface area contributed by atoms with Crippen molar-refractivity contribution < 1.29 is 14.3 Å². The van der Waals surface area contributed by atoms with Gasteiger partial charge in [0.15, 0.2) is 0 Å². The highest BCUT2D eigenvalue weighted by atomic mass is 19.1. The smallest absolute Gasteiger partial charge is 0.253 e. The number of benzene rings is 1. The van der Waals surface area contributed by atoms with E-state index in [9.17, 15) is 14.3 Å². The first kappa shape index (κ1) is 16.7. The summed E-state index contributed by atoms with van der Waals surface area (Å²) in [5, 5.41) is 9.59. The minimum atomic E-state index is -0.410. The molecule has 0 aliphatic carbocycles. The number of carbonyl (C=O) groups is 1. The molecule has 0 spiro atoms. The highest BCUT2D eigenvalue weighted by Crippen LogP contribution is 2.34. The summed E-state index contributed by atoms with van der Waals surface area (Å²) < 4.78 is 16.0. The van der Waals surface area contributed by atoms with E-state index in [-0.39, 0.29) is 17.9 Å². The molecule has 0 bridgehead atoms. The van der Waals surface area contributed by atoms with E-state index in [0.29, 0.717) is 24.3 Å². The van der Waals surface area contributed by atoms with Gasteiger partial charge in [0.2, 0.25) is 0 Å². The normalized spacial score (nSPS) is 17.0. The lowest BCUT2D eigenvalue weighted by Crippen LogP contribution is -2.44. The number of piperidine rings is 1. The Kier molecular flexibility index (Phi) is 4.71. The average molecular weight is 330 g/mol. The third-order valence-corrected chi connectivity index (χ3v) is 5.27. The maximum atomic E-state index is 14.3. The zero-order chi connectivity index (χ0) is 17.2. The van der Waals surface area contributed by atoms with Gasteiger partial charge in [-0.1, -0.05) is 6.92 Å². The van der Waals surface area contributed by atoms with Gasteiger partial charge in [0, 0.05) is 37.7 Å². The van der Waals surface area contributed by atoms with Gasteiger partial charge in [-0.2, -0.15) is 0 Å². The number of hydrogen-bond donors (Lipinski definition) is 1. The predicted molar refractivity (Wildman–Crippen MR) is 90.7 cm³/mol. The Morgan fingerprint density at radius 3 is 2.46 bits per heavy atom. The fraction of sp³-hybridized carbons (Fsp3) is 0.421. The molecule has 24 heavy (non-hydrogen) atoms. The summed E-state index contributed by atoms with van der Waals surface area (Å²) in [6.45, 7) is 3.44. The zero-order valence-corrected chi connectivity index (χ0v) is 13.9. The predicted octanol–water partition coefficient (Wildman–Crippen LogP) is 3.24. The molecule has 1 saturated heterocycles. The van der Waals surface area contributed by atoms with Crippen LogP contribution in [0, 0.1) is 11.2 Å². The Labute approximate surface area is 141 Å². The first-order valence-corrected chi connectivity index (χ1v) is 8.41. The van der Waals surface area contributed by atoms with E-state index >= 15 is 0 Å². The van der Waals surface area contributed by atoms with Gasteiger partial charge in [-0.25, -0.2) is 4.39 Å². The fourth-order valence-electron chi connectivity index (χ4n) is 3.33. The molecule has 1 amide bonds. The van der Waals surface area contributed by atoms with Gasteiger partial charge in [-0.3, -0.25) is 4.79 Å². The van der Waals surface area contributed by atoms with Crippen LogP contribution in [0.4, 0.5) is 4.39 Å². The van der Waals surface area contributed by atoms with Crippen molar-refractivity contribution in [1.82, 2.24) is 9.47 Å². The molecule has 2 heterocycles. The lowest BCUT2D eigenvalue weighted by molar-refractivity contribution is 0.0338. The molecular formula is C19H23FN2O2. The third kappa shape index (κ3) is 3.08. The summed E-state index contributed by atoms with van der Waals surface area (Å²) in [4.78, 5) is 14.4. The van der Waals surface area contributed by atoms with Crippen LogP contribution in [0.1, 0.15) is 36.5 Å². The average Bonchev–Trinajstić information content (AvgIpc) is 3.15. The summed E-state index contributed by atoms with van der Waals surface area (Å²) in [5.74, 6) is -0.553. The molecule has 0 radical (unpaired) electrons. The van der Waals surface area contributed by atoms with Crippen LogP contribution in [0.25, 0.3) is 5.69 Å². The van der Waals surface area contributed by atoms with Crippen LogP contribution in [0.15, 0.2) is 42.7 Å². The maximum Gasteiger partial charge on any atom is 0.253 e. The number of rotatable bonds is 4. The number of likely N-dealkylation sites (tertiary alicyclic amines) is 1.